The lowest BCUT2D eigenvalue weighted by Crippen LogP contribution is -1.90. The highest BCUT2D eigenvalue weighted by Gasteiger charge is 2.05. The van der Waals surface area contributed by atoms with Gasteiger partial charge in [0.05, 0.1) is 5.69 Å². The third-order valence-corrected chi connectivity index (χ3v) is 2.45. The first-order valence-electron chi connectivity index (χ1n) is 4.43. The van der Waals surface area contributed by atoms with E-state index < -0.39 is 0 Å². The zero-order valence-corrected chi connectivity index (χ0v) is 9.55. The Morgan fingerprint density at radius 1 is 1.07 bits per heavy atom. The maximum absolute atomic E-state index is 5.82. The van der Waals surface area contributed by atoms with E-state index in [1.54, 1.807) is 6.07 Å². The molecule has 0 fully saturated rings. The van der Waals surface area contributed by atoms with Crippen molar-refractivity contribution in [3.8, 4) is 11.3 Å². The van der Waals surface area contributed by atoms with Gasteiger partial charge in [-0.1, -0.05) is 35.9 Å². The Balaban J connectivity index is 2.59. The number of nitrogens with zero attached hydrogens (tertiary/aromatic N) is 2. The van der Waals surface area contributed by atoms with Gasteiger partial charge in [-0.25, -0.2) is 9.97 Å². The van der Waals surface area contributed by atoms with E-state index in [4.69, 9.17) is 23.2 Å². The van der Waals surface area contributed by atoms with Crippen LogP contribution in [-0.2, 0) is 0 Å². The van der Waals surface area contributed by atoms with Gasteiger partial charge in [-0.15, -0.1) is 0 Å². The fraction of sp³-hybridized carbons (Fsp3) is 0.0909. The summed E-state index contributed by atoms with van der Waals surface area (Å²) in [5, 5.41) is 0.522. The number of benzene rings is 1. The van der Waals surface area contributed by atoms with Gasteiger partial charge in [0.15, 0.2) is 0 Å². The second kappa shape index (κ2) is 4.17. The summed E-state index contributed by atoms with van der Waals surface area (Å²) in [5.41, 5.74) is 2.89. The van der Waals surface area contributed by atoms with E-state index in [2.05, 4.69) is 9.97 Å². The van der Waals surface area contributed by atoms with Crippen molar-refractivity contribution in [2.24, 2.45) is 0 Å². The minimum absolute atomic E-state index is 0.167. The summed E-state index contributed by atoms with van der Waals surface area (Å²) in [7, 11) is 0. The molecule has 0 aliphatic carbocycles. The number of rotatable bonds is 1. The zero-order chi connectivity index (χ0) is 10.8. The predicted octanol–water partition coefficient (Wildman–Crippen LogP) is 3.76. The molecule has 2 rings (SSSR count). The van der Waals surface area contributed by atoms with Gasteiger partial charge < -0.3 is 0 Å². The van der Waals surface area contributed by atoms with Gasteiger partial charge >= 0.3 is 0 Å². The summed E-state index contributed by atoms with van der Waals surface area (Å²) in [6.07, 6.45) is 0. The van der Waals surface area contributed by atoms with Crippen LogP contribution in [0, 0.1) is 6.92 Å². The quantitative estimate of drug-likeness (QED) is 0.559. The number of hydrogen-bond donors (Lipinski definition) is 0. The van der Waals surface area contributed by atoms with Gasteiger partial charge in [0, 0.05) is 11.6 Å². The lowest BCUT2D eigenvalue weighted by atomic mass is 10.1. The van der Waals surface area contributed by atoms with E-state index >= 15 is 0 Å². The van der Waals surface area contributed by atoms with Gasteiger partial charge in [0.25, 0.3) is 0 Å². The second-order valence-corrected chi connectivity index (χ2v) is 3.89. The molecule has 0 N–H and O–H groups in total. The molecule has 0 saturated heterocycles. The molecule has 2 aromatic rings. The average Bonchev–Trinajstić information content (AvgIpc) is 2.16. The summed E-state index contributed by atoms with van der Waals surface area (Å²) in [6.45, 7) is 2.01. The molecular formula is C11H8Cl2N2. The highest BCUT2D eigenvalue weighted by molar-refractivity contribution is 6.32. The number of halogens is 2. The summed E-state index contributed by atoms with van der Waals surface area (Å²) in [5.74, 6) is 0. The molecule has 76 valence electrons. The Kier molecular flexibility index (Phi) is 2.89. The minimum Gasteiger partial charge on any atom is -0.218 e. The van der Waals surface area contributed by atoms with E-state index in [9.17, 15) is 0 Å². The van der Waals surface area contributed by atoms with Gasteiger partial charge in [-0.3, -0.25) is 0 Å². The summed E-state index contributed by atoms with van der Waals surface area (Å²) >= 11 is 11.6. The SMILES string of the molecule is Cc1ccccc1-c1cc(Cl)nc(Cl)n1. The Morgan fingerprint density at radius 3 is 2.47 bits per heavy atom. The van der Waals surface area contributed by atoms with Gasteiger partial charge in [0.1, 0.15) is 5.15 Å². The van der Waals surface area contributed by atoms with Gasteiger partial charge in [-0.05, 0) is 24.1 Å². The van der Waals surface area contributed by atoms with Crippen LogP contribution < -0.4 is 0 Å². The molecule has 0 atom stereocenters. The van der Waals surface area contributed by atoms with E-state index in [1.165, 1.54) is 0 Å². The van der Waals surface area contributed by atoms with Crippen LogP contribution in [0.2, 0.25) is 10.4 Å². The van der Waals surface area contributed by atoms with Gasteiger partial charge in [-0.2, -0.15) is 0 Å². The molecule has 0 bridgehead atoms. The highest BCUT2D eigenvalue weighted by Crippen LogP contribution is 2.24. The molecule has 0 saturated carbocycles. The molecule has 0 amide bonds. The van der Waals surface area contributed by atoms with E-state index in [0.29, 0.717) is 5.15 Å². The van der Waals surface area contributed by atoms with Crippen LogP contribution in [0.1, 0.15) is 5.56 Å². The van der Waals surface area contributed by atoms with Crippen LogP contribution in [0.5, 0.6) is 0 Å². The van der Waals surface area contributed by atoms with Crippen molar-refractivity contribution in [1.82, 2.24) is 9.97 Å². The predicted molar refractivity (Wildman–Crippen MR) is 62.2 cm³/mol. The smallest absolute Gasteiger partial charge is 0.218 e. The Morgan fingerprint density at radius 2 is 1.80 bits per heavy atom. The maximum Gasteiger partial charge on any atom is 0.224 e. The van der Waals surface area contributed by atoms with E-state index in [1.807, 2.05) is 31.2 Å². The molecule has 0 aliphatic heterocycles. The van der Waals surface area contributed by atoms with Crippen LogP contribution in [0.25, 0.3) is 11.3 Å². The number of aromatic nitrogens is 2. The third-order valence-electron chi connectivity index (χ3n) is 2.09. The molecule has 0 aliphatic rings. The van der Waals surface area contributed by atoms with Crippen molar-refractivity contribution >= 4 is 23.2 Å². The third kappa shape index (κ3) is 2.28. The van der Waals surface area contributed by atoms with Gasteiger partial charge in [0.2, 0.25) is 5.28 Å². The van der Waals surface area contributed by atoms with Crippen molar-refractivity contribution in [2.45, 2.75) is 6.92 Å². The molecule has 0 unspecified atom stereocenters. The van der Waals surface area contributed by atoms with Crippen LogP contribution in [0.15, 0.2) is 30.3 Å². The average molecular weight is 239 g/mol. The first-order chi connectivity index (χ1) is 7.16. The summed E-state index contributed by atoms with van der Waals surface area (Å²) in [6, 6.07) is 9.62. The molecule has 4 heteroatoms. The minimum atomic E-state index is 0.167. The first kappa shape index (κ1) is 10.4. The Labute approximate surface area is 97.9 Å². The van der Waals surface area contributed by atoms with Crippen molar-refractivity contribution in [3.63, 3.8) is 0 Å². The van der Waals surface area contributed by atoms with E-state index in [0.717, 1.165) is 16.8 Å². The molecule has 1 aromatic heterocycles. The molecular weight excluding hydrogens is 231 g/mol. The Bertz CT molecular complexity index is 477. The van der Waals surface area contributed by atoms with Crippen molar-refractivity contribution < 1.29 is 0 Å². The summed E-state index contributed by atoms with van der Waals surface area (Å²) in [4.78, 5) is 7.94. The standard InChI is InChI=1S/C11H8Cl2N2/c1-7-4-2-3-5-8(7)9-6-10(12)15-11(13)14-9/h2-6H,1H3. The van der Waals surface area contributed by atoms with Crippen LogP contribution >= 0.6 is 23.2 Å². The second-order valence-electron chi connectivity index (χ2n) is 3.16. The van der Waals surface area contributed by atoms with Crippen LogP contribution in [0.3, 0.4) is 0 Å². The molecule has 15 heavy (non-hydrogen) atoms. The lowest BCUT2D eigenvalue weighted by molar-refractivity contribution is 1.17. The fourth-order valence-corrected chi connectivity index (χ4v) is 1.80. The highest BCUT2D eigenvalue weighted by atomic mass is 35.5. The Hall–Kier alpha value is -1.12. The molecule has 2 nitrogen and oxygen atoms in total. The molecule has 0 spiro atoms. The fourth-order valence-electron chi connectivity index (χ4n) is 1.39. The zero-order valence-electron chi connectivity index (χ0n) is 8.04. The van der Waals surface area contributed by atoms with Crippen molar-refractivity contribution in [1.29, 1.82) is 0 Å². The maximum atomic E-state index is 5.82. The monoisotopic (exact) mass is 238 g/mol. The normalized spacial score (nSPS) is 10.3. The summed E-state index contributed by atoms with van der Waals surface area (Å²) < 4.78 is 0. The number of hydrogen-bond acceptors (Lipinski definition) is 2. The molecule has 1 aromatic carbocycles. The topological polar surface area (TPSA) is 25.8 Å². The number of aryl methyl sites for hydroxylation is 1. The lowest BCUT2D eigenvalue weighted by Gasteiger charge is -2.04. The first-order valence-corrected chi connectivity index (χ1v) is 5.18. The van der Waals surface area contributed by atoms with Crippen molar-refractivity contribution in [3.05, 3.63) is 46.3 Å². The van der Waals surface area contributed by atoms with Crippen LogP contribution in [-0.4, -0.2) is 9.97 Å². The largest absolute Gasteiger partial charge is 0.224 e. The molecule has 1 heterocycles. The van der Waals surface area contributed by atoms with E-state index in [-0.39, 0.29) is 5.28 Å². The van der Waals surface area contributed by atoms with Crippen LogP contribution in [0.4, 0.5) is 0 Å². The van der Waals surface area contributed by atoms with Crippen molar-refractivity contribution in [2.75, 3.05) is 0 Å². The molecule has 0 radical (unpaired) electrons.